The van der Waals surface area contributed by atoms with Crippen LogP contribution >= 0.6 is 0 Å². The highest BCUT2D eigenvalue weighted by Crippen LogP contribution is 2.38. The van der Waals surface area contributed by atoms with Gasteiger partial charge in [0, 0.05) is 54.4 Å². The van der Waals surface area contributed by atoms with Crippen molar-refractivity contribution in [2.75, 3.05) is 25.2 Å². The summed E-state index contributed by atoms with van der Waals surface area (Å²) >= 11 is 0. The number of ether oxygens (including phenoxy) is 1. The Bertz CT molecular complexity index is 1160. The van der Waals surface area contributed by atoms with Gasteiger partial charge in [0.1, 0.15) is 5.52 Å². The van der Waals surface area contributed by atoms with E-state index in [1.165, 1.54) is 31.9 Å². The molecule has 7 heteroatoms. The van der Waals surface area contributed by atoms with Gasteiger partial charge >= 0.3 is 0 Å². The van der Waals surface area contributed by atoms with Gasteiger partial charge in [-0.05, 0) is 36.6 Å². The van der Waals surface area contributed by atoms with Crippen LogP contribution in [0.2, 0.25) is 0 Å². The molecule has 0 atom stereocenters. The highest BCUT2D eigenvalue weighted by atomic mass is 32.2. The van der Waals surface area contributed by atoms with Crippen LogP contribution in [0.5, 0.6) is 5.88 Å². The largest absolute Gasteiger partial charge is 0.479 e. The van der Waals surface area contributed by atoms with Gasteiger partial charge in [-0.15, -0.1) is 0 Å². The summed E-state index contributed by atoms with van der Waals surface area (Å²) in [4.78, 5) is 4.63. The van der Waals surface area contributed by atoms with Crippen LogP contribution in [0.15, 0.2) is 41.6 Å². The highest BCUT2D eigenvalue weighted by molar-refractivity contribution is 7.90. The van der Waals surface area contributed by atoms with Crippen LogP contribution in [0.1, 0.15) is 32.1 Å². The summed E-state index contributed by atoms with van der Waals surface area (Å²) in [5.74, 6) is 1.35. The molecule has 2 aromatic heterocycles. The van der Waals surface area contributed by atoms with Crippen LogP contribution in [-0.2, 0) is 16.9 Å². The maximum absolute atomic E-state index is 12.2. The standard InChI is InChI=1S/C23H29N3O3S/c1-26-15-20(18-11-13-25-23(29-2)22(18)26)19-14-17(30(3,27)28)8-9-21(19)24-12-10-16-6-4-5-7-16/h8-9,11,13-16,24H,4-7,10,12H2,1-3H3. The number of hydrogen-bond acceptors (Lipinski definition) is 5. The normalized spacial score (nSPS) is 15.0. The molecule has 30 heavy (non-hydrogen) atoms. The van der Waals surface area contributed by atoms with Gasteiger partial charge in [0.2, 0.25) is 5.88 Å². The molecule has 1 fully saturated rings. The van der Waals surface area contributed by atoms with Crippen molar-refractivity contribution < 1.29 is 13.2 Å². The van der Waals surface area contributed by atoms with Crippen molar-refractivity contribution in [3.05, 3.63) is 36.7 Å². The quantitative estimate of drug-likeness (QED) is 0.594. The Morgan fingerprint density at radius 1 is 1.20 bits per heavy atom. The summed E-state index contributed by atoms with van der Waals surface area (Å²) in [5.41, 5.74) is 3.67. The smallest absolute Gasteiger partial charge is 0.238 e. The van der Waals surface area contributed by atoms with Crippen LogP contribution in [0.3, 0.4) is 0 Å². The molecule has 0 saturated heterocycles. The second kappa shape index (κ2) is 8.30. The number of pyridine rings is 1. The number of rotatable bonds is 7. The van der Waals surface area contributed by atoms with E-state index in [4.69, 9.17) is 4.74 Å². The number of methoxy groups -OCH3 is 1. The summed E-state index contributed by atoms with van der Waals surface area (Å²) in [6.45, 7) is 0.880. The number of nitrogens with zero attached hydrogens (tertiary/aromatic N) is 2. The van der Waals surface area contributed by atoms with Crippen molar-refractivity contribution in [3.63, 3.8) is 0 Å². The highest BCUT2D eigenvalue weighted by Gasteiger charge is 2.19. The predicted molar refractivity (Wildman–Crippen MR) is 121 cm³/mol. The average molecular weight is 428 g/mol. The number of fused-ring (bicyclic) bond motifs is 1. The van der Waals surface area contributed by atoms with Crippen LogP contribution in [0.25, 0.3) is 22.0 Å². The van der Waals surface area contributed by atoms with E-state index < -0.39 is 9.84 Å². The second-order valence-electron chi connectivity index (χ2n) is 8.22. The van der Waals surface area contributed by atoms with Gasteiger partial charge in [0.25, 0.3) is 0 Å². The molecule has 0 spiro atoms. The Kier molecular flexibility index (Phi) is 5.73. The first-order valence-electron chi connectivity index (χ1n) is 10.4. The SMILES string of the molecule is COc1nccc2c(-c3cc(S(C)(=O)=O)ccc3NCCC3CCCC3)cn(C)c12. The molecule has 1 aliphatic carbocycles. The number of benzene rings is 1. The molecule has 160 valence electrons. The van der Waals surface area contributed by atoms with Crippen LogP contribution in [-0.4, -0.2) is 37.9 Å². The van der Waals surface area contributed by atoms with E-state index in [-0.39, 0.29) is 0 Å². The fourth-order valence-electron chi connectivity index (χ4n) is 4.53. The molecule has 4 rings (SSSR count). The number of anilines is 1. The number of aryl methyl sites for hydroxylation is 1. The molecular weight excluding hydrogens is 398 g/mol. The minimum Gasteiger partial charge on any atom is -0.479 e. The summed E-state index contributed by atoms with van der Waals surface area (Å²) in [5, 5.41) is 4.55. The van der Waals surface area contributed by atoms with Crippen LogP contribution in [0, 0.1) is 5.92 Å². The zero-order valence-corrected chi connectivity index (χ0v) is 18.6. The summed E-state index contributed by atoms with van der Waals surface area (Å²) in [7, 11) is 0.239. The molecule has 6 nitrogen and oxygen atoms in total. The van der Waals surface area contributed by atoms with Crippen molar-refractivity contribution in [2.24, 2.45) is 13.0 Å². The number of aromatic nitrogens is 2. The Labute approximate surface area is 178 Å². The fraction of sp³-hybridized carbons (Fsp3) is 0.435. The number of nitrogens with one attached hydrogen (secondary N) is 1. The van der Waals surface area contributed by atoms with E-state index in [0.29, 0.717) is 10.8 Å². The van der Waals surface area contributed by atoms with Crippen molar-refractivity contribution in [1.82, 2.24) is 9.55 Å². The molecule has 0 amide bonds. The maximum Gasteiger partial charge on any atom is 0.238 e. The molecule has 0 unspecified atom stereocenters. The molecule has 1 aromatic carbocycles. The second-order valence-corrected chi connectivity index (χ2v) is 10.2. The van der Waals surface area contributed by atoms with E-state index in [1.807, 2.05) is 29.9 Å². The lowest BCUT2D eigenvalue weighted by Crippen LogP contribution is -2.08. The van der Waals surface area contributed by atoms with Crippen molar-refractivity contribution in [2.45, 2.75) is 37.0 Å². The molecule has 1 N–H and O–H groups in total. The third kappa shape index (κ3) is 4.03. The molecule has 1 saturated carbocycles. The molecule has 3 aromatic rings. The van der Waals surface area contributed by atoms with E-state index >= 15 is 0 Å². The summed E-state index contributed by atoms with van der Waals surface area (Å²) < 4.78 is 31.9. The Hall–Kier alpha value is -2.54. The Balaban J connectivity index is 1.77. The first-order valence-corrected chi connectivity index (χ1v) is 12.3. The molecule has 1 aliphatic rings. The fourth-order valence-corrected chi connectivity index (χ4v) is 5.17. The van der Waals surface area contributed by atoms with Crippen molar-refractivity contribution in [1.29, 1.82) is 0 Å². The minimum atomic E-state index is -3.31. The Morgan fingerprint density at radius 2 is 1.97 bits per heavy atom. The van der Waals surface area contributed by atoms with Crippen LogP contribution < -0.4 is 10.1 Å². The van der Waals surface area contributed by atoms with Gasteiger partial charge in [-0.3, -0.25) is 0 Å². The van der Waals surface area contributed by atoms with E-state index in [9.17, 15) is 8.42 Å². The Morgan fingerprint density at radius 3 is 2.67 bits per heavy atom. The summed E-state index contributed by atoms with van der Waals surface area (Å²) in [6.07, 6.45) is 11.4. The molecule has 0 bridgehead atoms. The first kappa shape index (κ1) is 20.7. The topological polar surface area (TPSA) is 73.2 Å². The molecular formula is C23H29N3O3S. The lowest BCUT2D eigenvalue weighted by molar-refractivity contribution is 0.401. The van der Waals surface area contributed by atoms with Gasteiger partial charge in [0.05, 0.1) is 12.0 Å². The molecule has 0 aliphatic heterocycles. The summed E-state index contributed by atoms with van der Waals surface area (Å²) in [6, 6.07) is 7.29. The van der Waals surface area contributed by atoms with Gasteiger partial charge in [0.15, 0.2) is 9.84 Å². The molecule has 0 radical (unpaired) electrons. The van der Waals surface area contributed by atoms with Gasteiger partial charge in [-0.2, -0.15) is 0 Å². The van der Waals surface area contributed by atoms with Gasteiger partial charge in [-0.1, -0.05) is 25.7 Å². The van der Waals surface area contributed by atoms with Gasteiger partial charge in [-0.25, -0.2) is 13.4 Å². The van der Waals surface area contributed by atoms with E-state index in [2.05, 4.69) is 10.3 Å². The van der Waals surface area contributed by atoms with Crippen molar-refractivity contribution >= 4 is 26.4 Å². The number of sulfone groups is 1. The lowest BCUT2D eigenvalue weighted by Gasteiger charge is -2.15. The first-order chi connectivity index (χ1) is 14.4. The number of hydrogen-bond donors (Lipinski definition) is 1. The third-order valence-electron chi connectivity index (χ3n) is 6.10. The van der Waals surface area contributed by atoms with E-state index in [0.717, 1.165) is 46.6 Å². The van der Waals surface area contributed by atoms with E-state index in [1.54, 1.807) is 25.4 Å². The molecule has 2 heterocycles. The van der Waals surface area contributed by atoms with Gasteiger partial charge < -0.3 is 14.6 Å². The monoisotopic (exact) mass is 427 g/mol. The zero-order valence-electron chi connectivity index (χ0n) is 17.8. The minimum absolute atomic E-state index is 0.317. The average Bonchev–Trinajstić information content (AvgIpc) is 3.35. The lowest BCUT2D eigenvalue weighted by atomic mass is 10.0. The predicted octanol–water partition coefficient (Wildman–Crippen LogP) is 4.64. The zero-order chi connectivity index (χ0) is 21.3. The maximum atomic E-state index is 12.2. The van der Waals surface area contributed by atoms with Crippen LogP contribution in [0.4, 0.5) is 5.69 Å². The van der Waals surface area contributed by atoms with Crippen molar-refractivity contribution in [3.8, 4) is 17.0 Å². The third-order valence-corrected chi connectivity index (χ3v) is 7.21.